The molecule has 1 aliphatic heterocycles. The van der Waals surface area contributed by atoms with Gasteiger partial charge in [0.05, 0.1) is 18.3 Å². The van der Waals surface area contributed by atoms with Gasteiger partial charge in [0.1, 0.15) is 6.10 Å². The number of hydrogen-bond donors (Lipinski definition) is 0. The molecule has 2 heterocycles. The Hall–Kier alpha value is -2.22. The molecule has 1 fully saturated rings. The molecule has 1 unspecified atom stereocenters. The number of ether oxygens (including phenoxy) is 1. The maximum absolute atomic E-state index is 12.7. The van der Waals surface area contributed by atoms with Crippen molar-refractivity contribution in [1.82, 2.24) is 14.9 Å². The number of halogens is 2. The lowest BCUT2D eigenvalue weighted by molar-refractivity contribution is 0.0767. The minimum atomic E-state index is -2.56. The summed E-state index contributed by atoms with van der Waals surface area (Å²) in [6, 6.07) is 6.43. The van der Waals surface area contributed by atoms with Gasteiger partial charge >= 0.3 is 0 Å². The van der Waals surface area contributed by atoms with E-state index in [-0.39, 0.29) is 16.9 Å². The molecular weight excluding hydrogens is 336 g/mol. The van der Waals surface area contributed by atoms with Crippen molar-refractivity contribution in [2.75, 3.05) is 13.1 Å². The number of likely N-dealkylation sites (tertiary alicyclic amines) is 1. The van der Waals surface area contributed by atoms with Gasteiger partial charge in [0.15, 0.2) is 0 Å². The fourth-order valence-electron chi connectivity index (χ4n) is 2.54. The predicted molar refractivity (Wildman–Crippen MR) is 85.3 cm³/mol. The van der Waals surface area contributed by atoms with E-state index in [2.05, 4.69) is 9.97 Å². The van der Waals surface area contributed by atoms with Gasteiger partial charge in [-0.1, -0.05) is 23.9 Å². The van der Waals surface area contributed by atoms with Gasteiger partial charge in [-0.05, 0) is 12.1 Å². The Morgan fingerprint density at radius 1 is 1.33 bits per heavy atom. The first-order valence-electron chi connectivity index (χ1n) is 7.39. The zero-order valence-electron chi connectivity index (χ0n) is 12.6. The van der Waals surface area contributed by atoms with Crippen molar-refractivity contribution in [3.05, 3.63) is 48.4 Å². The van der Waals surface area contributed by atoms with Crippen molar-refractivity contribution in [1.29, 1.82) is 0 Å². The minimum absolute atomic E-state index is 0.180. The van der Waals surface area contributed by atoms with Crippen LogP contribution in [0.1, 0.15) is 16.8 Å². The van der Waals surface area contributed by atoms with E-state index in [9.17, 15) is 13.6 Å². The second kappa shape index (κ2) is 7.57. The Kier molecular flexibility index (Phi) is 5.24. The van der Waals surface area contributed by atoms with Crippen molar-refractivity contribution < 1.29 is 18.3 Å². The van der Waals surface area contributed by atoms with Crippen LogP contribution in [0, 0.1) is 0 Å². The molecule has 24 heavy (non-hydrogen) atoms. The van der Waals surface area contributed by atoms with Crippen LogP contribution >= 0.6 is 11.8 Å². The number of carbonyl (C=O) groups is 1. The van der Waals surface area contributed by atoms with Crippen molar-refractivity contribution >= 4 is 17.7 Å². The standard InChI is InChI=1S/C16H15F2N3O2S/c17-16(18)24-13-4-2-1-3-12(13)15(22)21-8-5-11(10-21)23-14-9-19-6-7-20-14/h1-4,6-7,9,11,16H,5,8,10H2. The molecule has 0 radical (unpaired) electrons. The molecule has 0 bridgehead atoms. The second-order valence-corrected chi connectivity index (χ2v) is 6.23. The van der Waals surface area contributed by atoms with Crippen molar-refractivity contribution in [3.63, 3.8) is 0 Å². The van der Waals surface area contributed by atoms with E-state index in [0.29, 0.717) is 42.7 Å². The van der Waals surface area contributed by atoms with E-state index in [0.717, 1.165) is 0 Å². The Morgan fingerprint density at radius 3 is 2.92 bits per heavy atom. The summed E-state index contributed by atoms with van der Waals surface area (Å²) in [5.41, 5.74) is 0.294. The molecule has 8 heteroatoms. The number of amides is 1. The molecule has 1 aromatic heterocycles. The fourth-order valence-corrected chi connectivity index (χ4v) is 3.17. The molecule has 1 amide bonds. The molecule has 0 spiro atoms. The summed E-state index contributed by atoms with van der Waals surface area (Å²) in [4.78, 5) is 22.5. The summed E-state index contributed by atoms with van der Waals surface area (Å²) in [6.07, 6.45) is 5.08. The number of thioether (sulfide) groups is 1. The third-order valence-corrected chi connectivity index (χ3v) is 4.38. The summed E-state index contributed by atoms with van der Waals surface area (Å²) >= 11 is 0.385. The van der Waals surface area contributed by atoms with E-state index in [4.69, 9.17) is 4.74 Å². The third-order valence-electron chi connectivity index (χ3n) is 3.59. The topological polar surface area (TPSA) is 55.3 Å². The van der Waals surface area contributed by atoms with E-state index in [1.807, 2.05) is 0 Å². The summed E-state index contributed by atoms with van der Waals surface area (Å²) in [5, 5.41) is 0. The number of nitrogens with zero attached hydrogens (tertiary/aromatic N) is 3. The van der Waals surface area contributed by atoms with E-state index in [1.54, 1.807) is 29.3 Å². The van der Waals surface area contributed by atoms with E-state index >= 15 is 0 Å². The van der Waals surface area contributed by atoms with Crippen molar-refractivity contribution in [3.8, 4) is 5.88 Å². The number of carbonyl (C=O) groups excluding carboxylic acids is 1. The van der Waals surface area contributed by atoms with Gasteiger partial charge in [-0.2, -0.15) is 8.78 Å². The largest absolute Gasteiger partial charge is 0.471 e. The molecule has 1 aromatic carbocycles. The molecule has 1 atom stereocenters. The van der Waals surface area contributed by atoms with Gasteiger partial charge < -0.3 is 9.64 Å². The highest BCUT2D eigenvalue weighted by molar-refractivity contribution is 7.99. The Morgan fingerprint density at radius 2 is 2.17 bits per heavy atom. The van der Waals surface area contributed by atoms with Gasteiger partial charge in [0.25, 0.3) is 11.7 Å². The quantitative estimate of drug-likeness (QED) is 0.775. The molecule has 2 aromatic rings. The zero-order chi connectivity index (χ0) is 16.9. The predicted octanol–water partition coefficient (Wildman–Crippen LogP) is 3.08. The molecule has 0 N–H and O–H groups in total. The summed E-state index contributed by atoms with van der Waals surface area (Å²) in [6.45, 7) is 0.903. The van der Waals surface area contributed by atoms with Crippen LogP contribution in [0.4, 0.5) is 8.78 Å². The molecule has 0 saturated carbocycles. The number of benzene rings is 1. The number of hydrogen-bond acceptors (Lipinski definition) is 5. The molecular formula is C16H15F2N3O2S. The summed E-state index contributed by atoms with van der Waals surface area (Å²) < 4.78 is 31.0. The highest BCUT2D eigenvalue weighted by Gasteiger charge is 2.30. The maximum Gasteiger partial charge on any atom is 0.288 e. The molecule has 1 saturated heterocycles. The van der Waals surface area contributed by atoms with Crippen LogP contribution in [-0.4, -0.2) is 45.7 Å². The lowest BCUT2D eigenvalue weighted by Gasteiger charge is -2.18. The van der Waals surface area contributed by atoms with Gasteiger partial charge in [-0.25, -0.2) is 4.98 Å². The smallest absolute Gasteiger partial charge is 0.288 e. The van der Waals surface area contributed by atoms with Crippen molar-refractivity contribution in [2.24, 2.45) is 0 Å². The van der Waals surface area contributed by atoms with E-state index in [1.165, 1.54) is 18.5 Å². The second-order valence-electron chi connectivity index (χ2n) is 5.20. The van der Waals surface area contributed by atoms with Gasteiger partial charge in [0, 0.05) is 30.3 Å². The van der Waals surface area contributed by atoms with Crippen LogP contribution in [0.2, 0.25) is 0 Å². The van der Waals surface area contributed by atoms with Crippen LogP contribution in [-0.2, 0) is 0 Å². The molecule has 0 aliphatic carbocycles. The van der Waals surface area contributed by atoms with Crippen molar-refractivity contribution in [2.45, 2.75) is 23.2 Å². The van der Waals surface area contributed by atoms with Gasteiger partial charge in [-0.3, -0.25) is 9.78 Å². The Bertz CT molecular complexity index is 703. The number of aromatic nitrogens is 2. The molecule has 1 aliphatic rings. The third kappa shape index (κ3) is 4.00. The first-order chi connectivity index (χ1) is 11.6. The summed E-state index contributed by atoms with van der Waals surface area (Å²) in [5.74, 6) is -2.42. The lowest BCUT2D eigenvalue weighted by atomic mass is 10.2. The highest BCUT2D eigenvalue weighted by atomic mass is 32.2. The van der Waals surface area contributed by atoms with Gasteiger partial charge in [0.2, 0.25) is 5.88 Å². The van der Waals surface area contributed by atoms with Crippen LogP contribution in [0.3, 0.4) is 0 Å². The Labute approximate surface area is 142 Å². The first kappa shape index (κ1) is 16.6. The lowest BCUT2D eigenvalue weighted by Crippen LogP contribution is -2.31. The first-order valence-corrected chi connectivity index (χ1v) is 8.27. The average Bonchev–Trinajstić information content (AvgIpc) is 3.03. The highest BCUT2D eigenvalue weighted by Crippen LogP contribution is 2.30. The van der Waals surface area contributed by atoms with Crippen LogP contribution < -0.4 is 4.74 Å². The average molecular weight is 351 g/mol. The van der Waals surface area contributed by atoms with Crippen LogP contribution in [0.25, 0.3) is 0 Å². The SMILES string of the molecule is O=C(c1ccccc1SC(F)F)N1CCC(Oc2cnccn2)C1. The molecule has 126 valence electrons. The maximum atomic E-state index is 12.7. The van der Waals surface area contributed by atoms with Crippen LogP contribution in [0.5, 0.6) is 5.88 Å². The molecule has 3 rings (SSSR count). The minimum Gasteiger partial charge on any atom is -0.471 e. The van der Waals surface area contributed by atoms with Crippen LogP contribution in [0.15, 0.2) is 47.8 Å². The van der Waals surface area contributed by atoms with E-state index < -0.39 is 5.76 Å². The Balaban J connectivity index is 1.66. The fraction of sp³-hybridized carbons (Fsp3) is 0.312. The zero-order valence-corrected chi connectivity index (χ0v) is 13.5. The number of alkyl halides is 2. The summed E-state index contributed by atoms with van der Waals surface area (Å²) in [7, 11) is 0. The number of rotatable bonds is 5. The monoisotopic (exact) mass is 351 g/mol. The normalized spacial score (nSPS) is 17.3. The molecule has 5 nitrogen and oxygen atoms in total. The van der Waals surface area contributed by atoms with Gasteiger partial charge in [-0.15, -0.1) is 0 Å².